The summed E-state index contributed by atoms with van der Waals surface area (Å²) in [6, 6.07) is 2.83. The molecule has 1 rings (SSSR count). The lowest BCUT2D eigenvalue weighted by atomic mass is 10.2. The smallest absolute Gasteiger partial charge is 0.0304 e. The summed E-state index contributed by atoms with van der Waals surface area (Å²) in [4.78, 5) is 1.47. The fourth-order valence-electron chi connectivity index (χ4n) is 1.39. The second-order valence-corrected chi connectivity index (χ2v) is 4.60. The van der Waals surface area contributed by atoms with Gasteiger partial charge in [0, 0.05) is 17.5 Å². The molecule has 0 spiro atoms. The summed E-state index contributed by atoms with van der Waals surface area (Å²) in [5.74, 6) is 0. The van der Waals surface area contributed by atoms with E-state index in [1.54, 1.807) is 0 Å². The zero-order valence-electron chi connectivity index (χ0n) is 8.76. The third-order valence-electron chi connectivity index (χ3n) is 2.30. The average Bonchev–Trinajstić information content (AvgIpc) is 2.48. The lowest BCUT2D eigenvalue weighted by Gasteiger charge is -2.11. The zero-order valence-corrected chi connectivity index (χ0v) is 9.58. The van der Waals surface area contributed by atoms with Gasteiger partial charge in [-0.1, -0.05) is 13.3 Å². The third-order valence-corrected chi connectivity index (χ3v) is 3.32. The van der Waals surface area contributed by atoms with Crippen LogP contribution in [-0.4, -0.2) is 6.04 Å². The highest BCUT2D eigenvalue weighted by molar-refractivity contribution is 7.10. The molecule has 1 heterocycles. The van der Waals surface area contributed by atoms with Crippen LogP contribution in [-0.2, 0) is 6.54 Å². The van der Waals surface area contributed by atoms with Crippen LogP contribution in [0.4, 0.5) is 0 Å². The van der Waals surface area contributed by atoms with Gasteiger partial charge in [0.1, 0.15) is 0 Å². The highest BCUT2D eigenvalue weighted by Crippen LogP contribution is 2.15. The van der Waals surface area contributed by atoms with Crippen LogP contribution in [0, 0.1) is 6.92 Å². The van der Waals surface area contributed by atoms with Gasteiger partial charge >= 0.3 is 0 Å². The molecule has 0 amide bonds. The van der Waals surface area contributed by atoms with E-state index in [1.807, 2.05) is 11.3 Å². The highest BCUT2D eigenvalue weighted by atomic mass is 32.1. The van der Waals surface area contributed by atoms with E-state index in [4.69, 9.17) is 0 Å². The maximum absolute atomic E-state index is 3.54. The molecule has 0 saturated carbocycles. The summed E-state index contributed by atoms with van der Waals surface area (Å²) >= 11 is 1.85. The summed E-state index contributed by atoms with van der Waals surface area (Å²) in [5.41, 5.74) is 1.42. The maximum atomic E-state index is 3.54. The number of thiophene rings is 1. The minimum atomic E-state index is 0.645. The van der Waals surface area contributed by atoms with E-state index in [1.165, 1.54) is 23.3 Å². The molecule has 1 aromatic heterocycles. The molecule has 0 radical (unpaired) electrons. The van der Waals surface area contributed by atoms with Crippen molar-refractivity contribution in [3.05, 3.63) is 21.9 Å². The molecule has 1 N–H and O–H groups in total. The number of hydrogen-bond donors (Lipinski definition) is 1. The van der Waals surface area contributed by atoms with E-state index in [2.05, 4.69) is 37.5 Å². The van der Waals surface area contributed by atoms with Gasteiger partial charge in [-0.05, 0) is 37.3 Å². The minimum absolute atomic E-state index is 0.645. The monoisotopic (exact) mass is 197 g/mol. The molecule has 0 unspecified atom stereocenters. The zero-order chi connectivity index (χ0) is 9.68. The van der Waals surface area contributed by atoms with Crippen LogP contribution in [0.5, 0.6) is 0 Å². The van der Waals surface area contributed by atoms with E-state index < -0.39 is 0 Å². The molecule has 1 nitrogen and oxygen atoms in total. The Morgan fingerprint density at radius 2 is 2.31 bits per heavy atom. The second-order valence-electron chi connectivity index (χ2n) is 3.60. The molecule has 0 bridgehead atoms. The fraction of sp³-hybridized carbons (Fsp3) is 0.636. The quantitative estimate of drug-likeness (QED) is 0.763. The molecule has 0 saturated heterocycles. The Bertz CT molecular complexity index is 242. The lowest BCUT2D eigenvalue weighted by Crippen LogP contribution is -2.24. The summed E-state index contributed by atoms with van der Waals surface area (Å²) in [6.45, 7) is 7.70. The number of nitrogens with one attached hydrogen (secondary N) is 1. The summed E-state index contributed by atoms with van der Waals surface area (Å²) in [7, 11) is 0. The molecule has 0 aliphatic carbocycles. The molecule has 1 atom stereocenters. The SMILES string of the molecule is CCC[C@H](C)NCc1sccc1C. The van der Waals surface area contributed by atoms with Crippen molar-refractivity contribution >= 4 is 11.3 Å². The molecule has 74 valence electrons. The Kier molecular flexibility index (Phi) is 4.46. The fourth-order valence-corrected chi connectivity index (χ4v) is 2.24. The Balaban J connectivity index is 2.30. The summed E-state index contributed by atoms with van der Waals surface area (Å²) < 4.78 is 0. The largest absolute Gasteiger partial charge is 0.309 e. The van der Waals surface area contributed by atoms with Gasteiger partial charge in [0.25, 0.3) is 0 Å². The van der Waals surface area contributed by atoms with Crippen molar-refractivity contribution in [2.75, 3.05) is 0 Å². The van der Waals surface area contributed by atoms with E-state index >= 15 is 0 Å². The average molecular weight is 197 g/mol. The van der Waals surface area contributed by atoms with Gasteiger partial charge in [0.05, 0.1) is 0 Å². The molecule has 0 aromatic carbocycles. The predicted octanol–water partition coefficient (Wildman–Crippen LogP) is 3.33. The first-order chi connectivity index (χ1) is 6.24. The normalized spacial score (nSPS) is 13.2. The molecule has 13 heavy (non-hydrogen) atoms. The van der Waals surface area contributed by atoms with E-state index in [-0.39, 0.29) is 0 Å². The Hall–Kier alpha value is -0.340. The molecule has 2 heteroatoms. The van der Waals surface area contributed by atoms with Gasteiger partial charge in [-0.25, -0.2) is 0 Å². The van der Waals surface area contributed by atoms with Crippen molar-refractivity contribution in [1.29, 1.82) is 0 Å². The van der Waals surface area contributed by atoms with Gasteiger partial charge in [0.15, 0.2) is 0 Å². The van der Waals surface area contributed by atoms with Crippen molar-refractivity contribution < 1.29 is 0 Å². The first-order valence-electron chi connectivity index (χ1n) is 5.00. The van der Waals surface area contributed by atoms with Crippen molar-refractivity contribution in [1.82, 2.24) is 5.32 Å². The first kappa shape index (κ1) is 10.7. The van der Waals surface area contributed by atoms with Crippen molar-refractivity contribution in [2.24, 2.45) is 0 Å². The van der Waals surface area contributed by atoms with Crippen LogP contribution >= 0.6 is 11.3 Å². The topological polar surface area (TPSA) is 12.0 Å². The van der Waals surface area contributed by atoms with Gasteiger partial charge in [-0.15, -0.1) is 11.3 Å². The van der Waals surface area contributed by atoms with Gasteiger partial charge < -0.3 is 5.32 Å². The highest BCUT2D eigenvalue weighted by Gasteiger charge is 2.02. The van der Waals surface area contributed by atoms with Crippen LogP contribution in [0.15, 0.2) is 11.4 Å². The molecular weight excluding hydrogens is 178 g/mol. The van der Waals surface area contributed by atoms with Crippen molar-refractivity contribution in [3.63, 3.8) is 0 Å². The van der Waals surface area contributed by atoms with E-state index in [0.29, 0.717) is 6.04 Å². The summed E-state index contributed by atoms with van der Waals surface area (Å²) in [6.07, 6.45) is 2.53. The van der Waals surface area contributed by atoms with Crippen LogP contribution in [0.25, 0.3) is 0 Å². The number of aryl methyl sites for hydroxylation is 1. The number of hydrogen-bond acceptors (Lipinski definition) is 2. The standard InChI is InChI=1S/C11H19NS/c1-4-5-10(3)12-8-11-9(2)6-7-13-11/h6-7,10,12H,4-5,8H2,1-3H3/t10-/m0/s1. The molecule has 1 aromatic rings. The Morgan fingerprint density at radius 1 is 1.54 bits per heavy atom. The maximum Gasteiger partial charge on any atom is 0.0304 e. The Labute approximate surface area is 85.2 Å². The van der Waals surface area contributed by atoms with Crippen LogP contribution in [0.2, 0.25) is 0 Å². The third kappa shape index (κ3) is 3.49. The van der Waals surface area contributed by atoms with Crippen LogP contribution in [0.3, 0.4) is 0 Å². The van der Waals surface area contributed by atoms with Crippen molar-refractivity contribution in [2.45, 2.75) is 46.2 Å². The first-order valence-corrected chi connectivity index (χ1v) is 5.88. The molecule has 0 aliphatic rings. The number of rotatable bonds is 5. The van der Waals surface area contributed by atoms with Gasteiger partial charge in [-0.3, -0.25) is 0 Å². The van der Waals surface area contributed by atoms with Gasteiger partial charge in [-0.2, -0.15) is 0 Å². The van der Waals surface area contributed by atoms with Gasteiger partial charge in [0.2, 0.25) is 0 Å². The second kappa shape index (κ2) is 5.40. The van der Waals surface area contributed by atoms with Crippen LogP contribution in [0.1, 0.15) is 37.1 Å². The minimum Gasteiger partial charge on any atom is -0.309 e. The predicted molar refractivity (Wildman–Crippen MR) is 60.3 cm³/mol. The van der Waals surface area contributed by atoms with Crippen LogP contribution < -0.4 is 5.32 Å². The summed E-state index contributed by atoms with van der Waals surface area (Å²) in [5, 5.41) is 5.70. The van der Waals surface area contributed by atoms with E-state index in [9.17, 15) is 0 Å². The molecule has 0 fully saturated rings. The van der Waals surface area contributed by atoms with E-state index in [0.717, 1.165) is 6.54 Å². The Morgan fingerprint density at radius 3 is 2.85 bits per heavy atom. The van der Waals surface area contributed by atoms with Crippen molar-refractivity contribution in [3.8, 4) is 0 Å². The molecular formula is C11H19NS. The lowest BCUT2D eigenvalue weighted by molar-refractivity contribution is 0.510. The molecule has 0 aliphatic heterocycles.